The van der Waals surface area contributed by atoms with Crippen LogP contribution in [0, 0.1) is 0 Å². The number of benzene rings is 1. The van der Waals surface area contributed by atoms with Gasteiger partial charge in [-0.3, -0.25) is 4.57 Å². The van der Waals surface area contributed by atoms with Crippen molar-refractivity contribution in [3.05, 3.63) is 60.6 Å². The van der Waals surface area contributed by atoms with Gasteiger partial charge in [0.2, 0.25) is 0 Å². The van der Waals surface area contributed by atoms with Crippen molar-refractivity contribution >= 4 is 28.1 Å². The van der Waals surface area contributed by atoms with Crippen LogP contribution in [0.15, 0.2) is 55.0 Å². The predicted octanol–water partition coefficient (Wildman–Crippen LogP) is 2.48. The molecule has 126 valence electrons. The number of pyridine rings is 1. The predicted molar refractivity (Wildman–Crippen MR) is 97.0 cm³/mol. The molecule has 0 aliphatic carbocycles. The average molecular weight is 365 g/mol. The van der Waals surface area contributed by atoms with Gasteiger partial charge in [0.25, 0.3) is 0 Å². The van der Waals surface area contributed by atoms with Gasteiger partial charge in [-0.1, -0.05) is 12.1 Å². The summed E-state index contributed by atoms with van der Waals surface area (Å²) in [6.45, 7) is 0. The monoisotopic (exact) mass is 364 g/mol. The van der Waals surface area contributed by atoms with Crippen LogP contribution in [0.25, 0.3) is 17.1 Å². The minimum absolute atomic E-state index is 0. The molecule has 24 heavy (non-hydrogen) atoms. The van der Waals surface area contributed by atoms with Crippen molar-refractivity contribution in [1.82, 2.24) is 14.5 Å². The fourth-order valence-electron chi connectivity index (χ4n) is 2.37. The summed E-state index contributed by atoms with van der Waals surface area (Å²) in [4.78, 5) is 8.35. The molecule has 2 aromatic heterocycles. The highest BCUT2D eigenvalue weighted by molar-refractivity contribution is 7.89. The molecule has 0 fully saturated rings. The molecule has 0 atom stereocenters. The molecule has 0 spiro atoms. The van der Waals surface area contributed by atoms with Crippen LogP contribution in [0.5, 0.6) is 0 Å². The molecule has 2 N–H and O–H groups in total. The molecule has 6 nitrogen and oxygen atoms in total. The number of anilines is 1. The van der Waals surface area contributed by atoms with Gasteiger partial charge >= 0.3 is 0 Å². The molecule has 0 aliphatic rings. The molecule has 0 bridgehead atoms. The lowest BCUT2D eigenvalue weighted by atomic mass is 10.2. The summed E-state index contributed by atoms with van der Waals surface area (Å²) in [5.41, 5.74) is 8.24. The van der Waals surface area contributed by atoms with E-state index in [2.05, 4.69) is 9.97 Å². The summed E-state index contributed by atoms with van der Waals surface area (Å²) in [6.07, 6.45) is 6.41. The second kappa shape index (κ2) is 7.02. The first-order chi connectivity index (χ1) is 10.9. The maximum Gasteiger partial charge on any atom is 0.151 e. The number of nitrogens with zero attached hydrogens (tertiary/aromatic N) is 3. The van der Waals surface area contributed by atoms with E-state index in [4.69, 9.17) is 5.73 Å². The number of hydrogen-bond donors (Lipinski definition) is 1. The van der Waals surface area contributed by atoms with Crippen molar-refractivity contribution in [2.75, 3.05) is 12.0 Å². The van der Waals surface area contributed by atoms with Crippen LogP contribution in [-0.2, 0) is 15.6 Å². The van der Waals surface area contributed by atoms with Crippen molar-refractivity contribution in [3.8, 4) is 17.1 Å². The van der Waals surface area contributed by atoms with Crippen LogP contribution >= 0.6 is 12.4 Å². The van der Waals surface area contributed by atoms with Crippen LogP contribution in [-0.4, -0.2) is 29.2 Å². The molecule has 1 aromatic carbocycles. The van der Waals surface area contributed by atoms with Gasteiger partial charge in [-0.25, -0.2) is 18.4 Å². The number of imidazole rings is 1. The summed E-state index contributed by atoms with van der Waals surface area (Å²) in [5.74, 6) is 1.21. The zero-order valence-electron chi connectivity index (χ0n) is 13.0. The maximum absolute atomic E-state index is 11.4. The molecule has 0 amide bonds. The molecule has 0 saturated carbocycles. The third kappa shape index (κ3) is 4.12. The molecule has 2 heterocycles. The average Bonchev–Trinajstić information content (AvgIpc) is 2.96. The first kappa shape index (κ1) is 18.0. The highest BCUT2D eigenvalue weighted by atomic mass is 35.5. The number of hydrogen-bond acceptors (Lipinski definition) is 5. The topological polar surface area (TPSA) is 90.9 Å². The smallest absolute Gasteiger partial charge is 0.151 e. The molecule has 0 unspecified atom stereocenters. The third-order valence-electron chi connectivity index (χ3n) is 3.32. The Morgan fingerprint density at radius 2 is 1.79 bits per heavy atom. The summed E-state index contributed by atoms with van der Waals surface area (Å²) in [7, 11) is -3.04. The van der Waals surface area contributed by atoms with Crippen LogP contribution in [0.3, 0.4) is 0 Å². The van der Waals surface area contributed by atoms with Crippen molar-refractivity contribution in [2.24, 2.45) is 0 Å². The standard InChI is InChI=1S/C16H16N4O2S.ClH/c1-23(21,22)11-12-2-4-14(5-3-12)20-9-8-19-16(20)13-6-7-18-15(17)10-13;/h2-10H,11H2,1H3,(H2,17,18);1H. The van der Waals surface area contributed by atoms with E-state index in [9.17, 15) is 8.42 Å². The van der Waals surface area contributed by atoms with Gasteiger partial charge in [0.1, 0.15) is 11.6 Å². The van der Waals surface area contributed by atoms with Crippen LogP contribution in [0.4, 0.5) is 5.82 Å². The molecular weight excluding hydrogens is 348 g/mol. The van der Waals surface area contributed by atoms with E-state index in [1.165, 1.54) is 6.26 Å². The fraction of sp³-hybridized carbons (Fsp3) is 0.125. The highest BCUT2D eigenvalue weighted by Gasteiger charge is 2.09. The first-order valence-electron chi connectivity index (χ1n) is 6.95. The Balaban J connectivity index is 0.00000208. The van der Waals surface area contributed by atoms with Gasteiger partial charge < -0.3 is 5.73 Å². The lowest BCUT2D eigenvalue weighted by molar-refractivity contribution is 0.601. The second-order valence-electron chi connectivity index (χ2n) is 5.33. The van der Waals surface area contributed by atoms with E-state index in [1.54, 1.807) is 30.6 Å². The Morgan fingerprint density at radius 3 is 2.42 bits per heavy atom. The van der Waals surface area contributed by atoms with Gasteiger partial charge in [-0.05, 0) is 29.8 Å². The lowest BCUT2D eigenvalue weighted by Crippen LogP contribution is -2.01. The number of aromatic nitrogens is 3. The van der Waals surface area contributed by atoms with E-state index < -0.39 is 9.84 Å². The molecule has 0 saturated heterocycles. The number of nitrogen functional groups attached to an aromatic ring is 1. The molecule has 0 aliphatic heterocycles. The number of nitrogens with two attached hydrogens (primary N) is 1. The summed E-state index contributed by atoms with van der Waals surface area (Å²) < 4.78 is 24.6. The summed E-state index contributed by atoms with van der Waals surface area (Å²) >= 11 is 0. The minimum atomic E-state index is -3.04. The molecule has 3 rings (SSSR count). The van der Waals surface area contributed by atoms with Gasteiger partial charge in [0, 0.05) is 36.1 Å². The van der Waals surface area contributed by atoms with E-state index in [0.29, 0.717) is 5.82 Å². The molecular formula is C16H17ClN4O2S. The maximum atomic E-state index is 11.4. The normalized spacial score (nSPS) is 11.0. The van der Waals surface area contributed by atoms with Crippen molar-refractivity contribution < 1.29 is 8.42 Å². The summed E-state index contributed by atoms with van der Waals surface area (Å²) in [6, 6.07) is 11.0. The quantitative estimate of drug-likeness (QED) is 0.767. The Labute approximate surface area is 146 Å². The van der Waals surface area contributed by atoms with Crippen LogP contribution in [0.2, 0.25) is 0 Å². The van der Waals surface area contributed by atoms with Gasteiger partial charge in [-0.15, -0.1) is 12.4 Å². The van der Waals surface area contributed by atoms with Crippen molar-refractivity contribution in [3.63, 3.8) is 0 Å². The van der Waals surface area contributed by atoms with Crippen LogP contribution in [0.1, 0.15) is 5.56 Å². The zero-order chi connectivity index (χ0) is 16.4. The number of sulfone groups is 1. The molecule has 8 heteroatoms. The summed E-state index contributed by atoms with van der Waals surface area (Å²) in [5, 5.41) is 0. The van der Waals surface area contributed by atoms with Gasteiger partial charge in [-0.2, -0.15) is 0 Å². The third-order valence-corrected chi connectivity index (χ3v) is 4.18. The SMILES string of the molecule is CS(=O)(=O)Cc1ccc(-n2ccnc2-c2ccnc(N)c2)cc1.Cl. The largest absolute Gasteiger partial charge is 0.384 e. The van der Waals surface area contributed by atoms with Gasteiger partial charge in [0.05, 0.1) is 5.75 Å². The highest BCUT2D eigenvalue weighted by Crippen LogP contribution is 2.22. The number of rotatable bonds is 4. The van der Waals surface area contributed by atoms with Crippen molar-refractivity contribution in [2.45, 2.75) is 5.75 Å². The minimum Gasteiger partial charge on any atom is -0.384 e. The van der Waals surface area contributed by atoms with E-state index in [-0.39, 0.29) is 18.2 Å². The Kier molecular flexibility index (Phi) is 5.26. The number of halogens is 1. The fourth-order valence-corrected chi connectivity index (χ4v) is 3.17. The van der Waals surface area contributed by atoms with E-state index in [0.717, 1.165) is 22.6 Å². The van der Waals surface area contributed by atoms with Gasteiger partial charge in [0.15, 0.2) is 9.84 Å². The first-order valence-corrected chi connectivity index (χ1v) is 9.01. The molecule has 3 aromatic rings. The molecule has 0 radical (unpaired) electrons. The van der Waals surface area contributed by atoms with Crippen molar-refractivity contribution in [1.29, 1.82) is 0 Å². The Hall–Kier alpha value is -2.38. The van der Waals surface area contributed by atoms with E-state index >= 15 is 0 Å². The zero-order valence-corrected chi connectivity index (χ0v) is 14.6. The Bertz CT molecular complexity index is 937. The lowest BCUT2D eigenvalue weighted by Gasteiger charge is -2.09. The van der Waals surface area contributed by atoms with E-state index in [1.807, 2.05) is 29.0 Å². The Morgan fingerprint density at radius 1 is 1.08 bits per heavy atom. The van der Waals surface area contributed by atoms with Crippen LogP contribution < -0.4 is 5.73 Å². The second-order valence-corrected chi connectivity index (χ2v) is 7.47.